The summed E-state index contributed by atoms with van der Waals surface area (Å²) in [5, 5.41) is 3.26. The molecule has 0 saturated carbocycles. The monoisotopic (exact) mass is 262 g/mol. The zero-order valence-electron chi connectivity index (χ0n) is 11.7. The van der Waals surface area contributed by atoms with Crippen LogP contribution in [0.5, 0.6) is 0 Å². The van der Waals surface area contributed by atoms with E-state index in [1.807, 2.05) is 6.92 Å². The molecule has 1 fully saturated rings. The Bertz CT molecular complexity index is 411. The molecule has 1 atom stereocenters. The summed E-state index contributed by atoms with van der Waals surface area (Å²) in [5.74, 6) is -0.315. The van der Waals surface area contributed by atoms with Crippen LogP contribution in [0, 0.1) is 5.92 Å². The first kappa shape index (κ1) is 13.7. The molecule has 2 rings (SSSR count). The van der Waals surface area contributed by atoms with E-state index in [0.29, 0.717) is 6.54 Å². The molecule has 0 spiro atoms. The average Bonchev–Trinajstić information content (AvgIpc) is 2.98. The van der Waals surface area contributed by atoms with Crippen molar-refractivity contribution in [1.29, 1.82) is 0 Å². The molecule has 4 nitrogen and oxygen atoms in total. The first-order valence-electron chi connectivity index (χ1n) is 6.87. The van der Waals surface area contributed by atoms with Crippen LogP contribution in [0.4, 0.5) is 11.4 Å². The van der Waals surface area contributed by atoms with Crippen LogP contribution in [0.25, 0.3) is 0 Å². The Balaban J connectivity index is 1.86. The summed E-state index contributed by atoms with van der Waals surface area (Å²) in [6, 6.07) is 8.40. The fourth-order valence-electron chi connectivity index (χ4n) is 2.32. The molecule has 1 saturated heterocycles. The fourth-order valence-corrected chi connectivity index (χ4v) is 2.32. The van der Waals surface area contributed by atoms with Gasteiger partial charge in [-0.1, -0.05) is 6.92 Å². The summed E-state index contributed by atoms with van der Waals surface area (Å²) in [7, 11) is 1.42. The van der Waals surface area contributed by atoms with Crippen molar-refractivity contribution in [1.82, 2.24) is 0 Å². The number of hydrogen-bond acceptors (Lipinski definition) is 4. The summed E-state index contributed by atoms with van der Waals surface area (Å²) >= 11 is 0. The van der Waals surface area contributed by atoms with E-state index in [4.69, 9.17) is 4.74 Å². The summed E-state index contributed by atoms with van der Waals surface area (Å²) in [6.07, 6.45) is 2.58. The van der Waals surface area contributed by atoms with E-state index in [9.17, 15) is 4.79 Å². The van der Waals surface area contributed by atoms with Crippen molar-refractivity contribution in [2.24, 2.45) is 5.92 Å². The van der Waals surface area contributed by atoms with Crippen molar-refractivity contribution < 1.29 is 9.53 Å². The molecule has 0 aromatic heterocycles. The Labute approximate surface area is 114 Å². The summed E-state index contributed by atoms with van der Waals surface area (Å²) in [4.78, 5) is 13.7. The predicted molar refractivity (Wildman–Crippen MR) is 77.6 cm³/mol. The van der Waals surface area contributed by atoms with Crippen molar-refractivity contribution >= 4 is 17.3 Å². The highest BCUT2D eigenvalue weighted by Crippen LogP contribution is 2.22. The maximum Gasteiger partial charge on any atom is 0.310 e. The molecule has 4 heteroatoms. The number of benzene rings is 1. The molecule has 0 aliphatic carbocycles. The van der Waals surface area contributed by atoms with Gasteiger partial charge in [0.15, 0.2) is 0 Å². The van der Waals surface area contributed by atoms with Gasteiger partial charge in [-0.2, -0.15) is 0 Å². The number of carbonyl (C=O) groups excluding carboxylic acids is 1. The number of rotatable bonds is 5. The normalized spacial score (nSPS) is 16.2. The van der Waals surface area contributed by atoms with Crippen LogP contribution in [0.3, 0.4) is 0 Å². The quantitative estimate of drug-likeness (QED) is 0.828. The van der Waals surface area contributed by atoms with Crippen LogP contribution in [-0.2, 0) is 9.53 Å². The van der Waals surface area contributed by atoms with Gasteiger partial charge in [-0.05, 0) is 37.1 Å². The minimum absolute atomic E-state index is 0.136. The third kappa shape index (κ3) is 3.63. The average molecular weight is 262 g/mol. The largest absolute Gasteiger partial charge is 0.469 e. The fraction of sp³-hybridized carbons (Fsp3) is 0.533. The summed E-state index contributed by atoms with van der Waals surface area (Å²) in [6.45, 7) is 4.77. The van der Waals surface area contributed by atoms with E-state index in [2.05, 4.69) is 34.5 Å². The van der Waals surface area contributed by atoms with Gasteiger partial charge in [0, 0.05) is 31.0 Å². The zero-order chi connectivity index (χ0) is 13.7. The molecule has 1 aliphatic rings. The predicted octanol–water partition coefficient (Wildman–Crippen LogP) is 2.51. The van der Waals surface area contributed by atoms with E-state index in [-0.39, 0.29) is 11.9 Å². The smallest absolute Gasteiger partial charge is 0.310 e. The van der Waals surface area contributed by atoms with Crippen LogP contribution < -0.4 is 10.2 Å². The second kappa shape index (κ2) is 6.45. The van der Waals surface area contributed by atoms with Crippen molar-refractivity contribution in [2.75, 3.05) is 37.0 Å². The number of ether oxygens (including phenoxy) is 1. The van der Waals surface area contributed by atoms with Crippen LogP contribution in [0.1, 0.15) is 19.8 Å². The van der Waals surface area contributed by atoms with Gasteiger partial charge in [0.25, 0.3) is 0 Å². The van der Waals surface area contributed by atoms with E-state index in [1.54, 1.807) is 0 Å². The highest BCUT2D eigenvalue weighted by atomic mass is 16.5. The van der Waals surface area contributed by atoms with E-state index in [1.165, 1.54) is 25.6 Å². The second-order valence-electron chi connectivity index (χ2n) is 5.05. The minimum atomic E-state index is -0.179. The molecular formula is C15H22N2O2. The zero-order valence-corrected chi connectivity index (χ0v) is 11.7. The van der Waals surface area contributed by atoms with Gasteiger partial charge in [0.1, 0.15) is 0 Å². The molecule has 1 aromatic rings. The molecule has 0 radical (unpaired) electrons. The van der Waals surface area contributed by atoms with Gasteiger partial charge in [-0.15, -0.1) is 0 Å². The minimum Gasteiger partial charge on any atom is -0.469 e. The van der Waals surface area contributed by atoms with Crippen LogP contribution in [0.2, 0.25) is 0 Å². The molecule has 1 unspecified atom stereocenters. The Morgan fingerprint density at radius 1 is 1.32 bits per heavy atom. The van der Waals surface area contributed by atoms with Gasteiger partial charge >= 0.3 is 5.97 Å². The van der Waals surface area contributed by atoms with Gasteiger partial charge < -0.3 is 15.0 Å². The number of nitrogens with one attached hydrogen (secondary N) is 1. The Kier molecular flexibility index (Phi) is 4.66. The second-order valence-corrected chi connectivity index (χ2v) is 5.05. The Morgan fingerprint density at radius 2 is 1.95 bits per heavy atom. The van der Waals surface area contributed by atoms with Crippen LogP contribution >= 0.6 is 0 Å². The third-order valence-electron chi connectivity index (χ3n) is 3.55. The lowest BCUT2D eigenvalue weighted by atomic mass is 10.2. The first-order valence-corrected chi connectivity index (χ1v) is 6.87. The lowest BCUT2D eigenvalue weighted by Crippen LogP contribution is -2.21. The lowest BCUT2D eigenvalue weighted by molar-refractivity contribution is -0.144. The number of anilines is 2. The maximum atomic E-state index is 11.3. The maximum absolute atomic E-state index is 11.3. The molecule has 19 heavy (non-hydrogen) atoms. The van der Waals surface area contributed by atoms with Crippen molar-refractivity contribution in [2.45, 2.75) is 19.8 Å². The molecule has 1 N–H and O–H groups in total. The van der Waals surface area contributed by atoms with E-state index in [0.717, 1.165) is 18.8 Å². The Morgan fingerprint density at radius 3 is 2.53 bits per heavy atom. The molecule has 0 amide bonds. The Hall–Kier alpha value is -1.71. The number of hydrogen-bond donors (Lipinski definition) is 1. The number of esters is 1. The van der Waals surface area contributed by atoms with E-state index >= 15 is 0 Å². The topological polar surface area (TPSA) is 41.6 Å². The van der Waals surface area contributed by atoms with Crippen molar-refractivity contribution in [3.63, 3.8) is 0 Å². The van der Waals surface area contributed by atoms with Gasteiger partial charge in [-0.3, -0.25) is 4.79 Å². The summed E-state index contributed by atoms with van der Waals surface area (Å²) < 4.78 is 4.70. The first-order chi connectivity index (χ1) is 9.20. The van der Waals surface area contributed by atoms with E-state index < -0.39 is 0 Å². The number of carbonyl (C=O) groups is 1. The highest BCUT2D eigenvalue weighted by molar-refractivity contribution is 5.72. The molecule has 104 valence electrons. The molecule has 0 bridgehead atoms. The molecule has 1 aliphatic heterocycles. The number of methoxy groups -OCH3 is 1. The van der Waals surface area contributed by atoms with Crippen molar-refractivity contribution in [3.8, 4) is 0 Å². The van der Waals surface area contributed by atoms with Gasteiger partial charge in [-0.25, -0.2) is 0 Å². The molecule has 1 heterocycles. The SMILES string of the molecule is COC(=O)C(C)CNc1ccc(N2CCCC2)cc1. The third-order valence-corrected chi connectivity index (χ3v) is 3.55. The highest BCUT2D eigenvalue weighted by Gasteiger charge is 2.13. The van der Waals surface area contributed by atoms with Gasteiger partial charge in [0.05, 0.1) is 13.0 Å². The van der Waals surface area contributed by atoms with Crippen LogP contribution in [0.15, 0.2) is 24.3 Å². The van der Waals surface area contributed by atoms with Crippen LogP contribution in [-0.4, -0.2) is 32.7 Å². The number of nitrogens with zero attached hydrogens (tertiary/aromatic N) is 1. The molecule has 1 aromatic carbocycles. The standard InChI is InChI=1S/C15H22N2O2/c1-12(15(18)19-2)11-16-13-5-7-14(8-6-13)17-9-3-4-10-17/h5-8,12,16H,3-4,9-11H2,1-2H3. The van der Waals surface area contributed by atoms with Gasteiger partial charge in [0.2, 0.25) is 0 Å². The van der Waals surface area contributed by atoms with Crippen molar-refractivity contribution in [3.05, 3.63) is 24.3 Å². The lowest BCUT2D eigenvalue weighted by Gasteiger charge is -2.18. The summed E-state index contributed by atoms with van der Waals surface area (Å²) in [5.41, 5.74) is 2.32. The molecular weight excluding hydrogens is 240 g/mol.